The van der Waals surface area contributed by atoms with E-state index in [2.05, 4.69) is 53.5 Å². The van der Waals surface area contributed by atoms with E-state index in [1.807, 2.05) is 0 Å². The van der Waals surface area contributed by atoms with Gasteiger partial charge in [0.15, 0.2) is 0 Å². The summed E-state index contributed by atoms with van der Waals surface area (Å²) >= 11 is 0. The van der Waals surface area contributed by atoms with E-state index in [1.54, 1.807) is 0 Å². The second kappa shape index (κ2) is 7.38. The van der Waals surface area contributed by atoms with Gasteiger partial charge in [-0.3, -0.25) is 0 Å². The van der Waals surface area contributed by atoms with Crippen LogP contribution in [-0.4, -0.2) is 38.3 Å². The SMILES string of the molecule is CN(CCOCCC(C)(C)C)CCC(C)(C)C. The Morgan fingerprint density at radius 1 is 0.765 bits per heavy atom. The summed E-state index contributed by atoms with van der Waals surface area (Å²) in [6, 6.07) is 0. The normalized spacial score (nSPS) is 13.4. The highest BCUT2D eigenvalue weighted by molar-refractivity contribution is 4.64. The molecule has 0 aromatic carbocycles. The van der Waals surface area contributed by atoms with E-state index in [4.69, 9.17) is 4.74 Å². The van der Waals surface area contributed by atoms with E-state index in [9.17, 15) is 0 Å². The predicted octanol–water partition coefficient (Wildman–Crippen LogP) is 3.81. The van der Waals surface area contributed by atoms with Gasteiger partial charge in [-0.05, 0) is 37.3 Å². The lowest BCUT2D eigenvalue weighted by Crippen LogP contribution is -2.27. The van der Waals surface area contributed by atoms with Crippen molar-refractivity contribution in [3.63, 3.8) is 0 Å². The Bertz CT molecular complexity index is 188. The second-order valence-electron chi connectivity index (χ2n) is 7.54. The van der Waals surface area contributed by atoms with Crippen LogP contribution in [0.15, 0.2) is 0 Å². The molecule has 17 heavy (non-hydrogen) atoms. The summed E-state index contributed by atoms with van der Waals surface area (Å²) in [4.78, 5) is 2.36. The third-order valence-electron chi connectivity index (χ3n) is 2.86. The molecule has 0 heterocycles. The quantitative estimate of drug-likeness (QED) is 0.631. The Balaban J connectivity index is 3.43. The zero-order chi connectivity index (χ0) is 13.5. The Hall–Kier alpha value is -0.0800. The number of rotatable bonds is 7. The smallest absolute Gasteiger partial charge is 0.0593 e. The van der Waals surface area contributed by atoms with Crippen LogP contribution in [-0.2, 0) is 4.74 Å². The van der Waals surface area contributed by atoms with E-state index in [0.29, 0.717) is 10.8 Å². The van der Waals surface area contributed by atoms with Crippen LogP contribution in [0.25, 0.3) is 0 Å². The molecule has 0 fully saturated rings. The zero-order valence-electron chi connectivity index (χ0n) is 13.1. The molecule has 0 saturated carbocycles. The van der Waals surface area contributed by atoms with Crippen LogP contribution in [0.3, 0.4) is 0 Å². The van der Waals surface area contributed by atoms with E-state index < -0.39 is 0 Å². The second-order valence-corrected chi connectivity index (χ2v) is 7.54. The van der Waals surface area contributed by atoms with Crippen molar-refractivity contribution in [2.45, 2.75) is 54.4 Å². The molecule has 0 radical (unpaired) electrons. The van der Waals surface area contributed by atoms with Gasteiger partial charge in [-0.2, -0.15) is 0 Å². The van der Waals surface area contributed by atoms with Crippen LogP contribution < -0.4 is 0 Å². The van der Waals surface area contributed by atoms with E-state index in [-0.39, 0.29) is 0 Å². The molecule has 0 aliphatic carbocycles. The van der Waals surface area contributed by atoms with Crippen LogP contribution in [0.2, 0.25) is 0 Å². The molecule has 0 unspecified atom stereocenters. The molecular weight excluding hydrogens is 210 g/mol. The van der Waals surface area contributed by atoms with Gasteiger partial charge in [-0.15, -0.1) is 0 Å². The first-order valence-electron chi connectivity index (χ1n) is 6.86. The van der Waals surface area contributed by atoms with Crippen molar-refractivity contribution in [1.82, 2.24) is 4.90 Å². The Labute approximate surface area is 109 Å². The molecule has 104 valence electrons. The average molecular weight is 243 g/mol. The Morgan fingerprint density at radius 2 is 1.29 bits per heavy atom. The third kappa shape index (κ3) is 13.9. The first-order valence-corrected chi connectivity index (χ1v) is 6.86. The molecule has 0 saturated heterocycles. The van der Waals surface area contributed by atoms with Crippen molar-refractivity contribution in [1.29, 1.82) is 0 Å². The van der Waals surface area contributed by atoms with Crippen molar-refractivity contribution >= 4 is 0 Å². The lowest BCUT2D eigenvalue weighted by atomic mass is 9.92. The van der Waals surface area contributed by atoms with Gasteiger partial charge in [0.2, 0.25) is 0 Å². The highest BCUT2D eigenvalue weighted by Crippen LogP contribution is 2.19. The molecule has 2 nitrogen and oxygen atoms in total. The van der Waals surface area contributed by atoms with Crippen LogP contribution in [0.5, 0.6) is 0 Å². The molecule has 0 aromatic heterocycles. The highest BCUT2D eigenvalue weighted by Gasteiger charge is 2.11. The van der Waals surface area contributed by atoms with Crippen molar-refractivity contribution in [3.05, 3.63) is 0 Å². The van der Waals surface area contributed by atoms with Crippen molar-refractivity contribution in [3.8, 4) is 0 Å². The number of hydrogen-bond acceptors (Lipinski definition) is 2. The molecule has 0 N–H and O–H groups in total. The van der Waals surface area contributed by atoms with E-state index >= 15 is 0 Å². The predicted molar refractivity (Wildman–Crippen MR) is 76.5 cm³/mol. The minimum atomic E-state index is 0.387. The first-order chi connectivity index (χ1) is 7.60. The maximum atomic E-state index is 5.67. The van der Waals surface area contributed by atoms with Gasteiger partial charge in [0.05, 0.1) is 6.61 Å². The van der Waals surface area contributed by atoms with Gasteiger partial charge in [0.25, 0.3) is 0 Å². The summed E-state index contributed by atoms with van der Waals surface area (Å²) < 4.78 is 5.67. The Kier molecular flexibility index (Phi) is 7.34. The zero-order valence-corrected chi connectivity index (χ0v) is 13.1. The van der Waals surface area contributed by atoms with Gasteiger partial charge in [0, 0.05) is 13.2 Å². The van der Waals surface area contributed by atoms with E-state index in [1.165, 1.54) is 6.42 Å². The fourth-order valence-corrected chi connectivity index (χ4v) is 1.34. The van der Waals surface area contributed by atoms with Gasteiger partial charge in [-0.25, -0.2) is 0 Å². The maximum absolute atomic E-state index is 5.67. The molecule has 0 aliphatic rings. The summed E-state index contributed by atoms with van der Waals surface area (Å²) in [6.45, 7) is 17.6. The highest BCUT2D eigenvalue weighted by atomic mass is 16.5. The van der Waals surface area contributed by atoms with Crippen molar-refractivity contribution in [2.24, 2.45) is 10.8 Å². The lowest BCUT2D eigenvalue weighted by Gasteiger charge is -2.23. The molecule has 0 amide bonds. The summed E-state index contributed by atoms with van der Waals surface area (Å²) in [5.41, 5.74) is 0.819. The third-order valence-corrected chi connectivity index (χ3v) is 2.86. The van der Waals surface area contributed by atoms with Gasteiger partial charge >= 0.3 is 0 Å². The monoisotopic (exact) mass is 243 g/mol. The molecule has 0 aliphatic heterocycles. The molecular formula is C15H33NO. The Morgan fingerprint density at radius 3 is 1.76 bits per heavy atom. The summed E-state index contributed by atoms with van der Waals surface area (Å²) in [7, 11) is 2.18. The number of likely N-dealkylation sites (N-methyl/N-ethyl adjacent to an activating group) is 1. The number of ether oxygens (including phenoxy) is 1. The van der Waals surface area contributed by atoms with Crippen LogP contribution in [0.4, 0.5) is 0 Å². The fraction of sp³-hybridized carbons (Fsp3) is 1.00. The molecule has 0 spiro atoms. The van der Waals surface area contributed by atoms with Crippen LogP contribution in [0.1, 0.15) is 54.4 Å². The standard InChI is InChI=1S/C15H33NO/c1-14(2,3)8-10-16(7)11-13-17-12-9-15(4,5)6/h8-13H2,1-7H3. The first kappa shape index (κ1) is 16.9. The van der Waals surface area contributed by atoms with Crippen LogP contribution in [0, 0.1) is 10.8 Å². The van der Waals surface area contributed by atoms with Gasteiger partial charge in [-0.1, -0.05) is 41.5 Å². The van der Waals surface area contributed by atoms with Gasteiger partial charge < -0.3 is 9.64 Å². The van der Waals surface area contributed by atoms with Crippen molar-refractivity contribution < 1.29 is 4.74 Å². The molecule has 0 atom stereocenters. The maximum Gasteiger partial charge on any atom is 0.0593 e. The minimum Gasteiger partial charge on any atom is -0.380 e. The van der Waals surface area contributed by atoms with Gasteiger partial charge in [0.1, 0.15) is 0 Å². The number of nitrogens with zero attached hydrogens (tertiary/aromatic N) is 1. The minimum absolute atomic E-state index is 0.387. The fourth-order valence-electron chi connectivity index (χ4n) is 1.34. The summed E-state index contributed by atoms with van der Waals surface area (Å²) in [5, 5.41) is 0. The molecule has 0 aromatic rings. The summed E-state index contributed by atoms with van der Waals surface area (Å²) in [5.74, 6) is 0. The topological polar surface area (TPSA) is 12.5 Å². The number of hydrogen-bond donors (Lipinski definition) is 0. The van der Waals surface area contributed by atoms with E-state index in [0.717, 1.165) is 32.7 Å². The molecule has 0 rings (SSSR count). The van der Waals surface area contributed by atoms with Crippen molar-refractivity contribution in [2.75, 3.05) is 33.4 Å². The summed E-state index contributed by atoms with van der Waals surface area (Å²) in [6.07, 6.45) is 2.38. The molecule has 0 bridgehead atoms. The lowest BCUT2D eigenvalue weighted by molar-refractivity contribution is 0.0887. The largest absolute Gasteiger partial charge is 0.380 e. The van der Waals surface area contributed by atoms with Crippen LogP contribution >= 0.6 is 0 Å². The molecule has 2 heteroatoms. The average Bonchev–Trinajstić information content (AvgIpc) is 2.11.